The molecule has 0 unspecified atom stereocenters. The van der Waals surface area contributed by atoms with E-state index in [4.69, 9.17) is 11.2 Å². The molecule has 1 aromatic rings. The minimum atomic E-state index is -4.52. The van der Waals surface area contributed by atoms with Crippen molar-refractivity contribution < 1.29 is 31.1 Å². The summed E-state index contributed by atoms with van der Waals surface area (Å²) < 4.78 is 70.6. The summed E-state index contributed by atoms with van der Waals surface area (Å²) in [6.07, 6.45) is 4.03. The molecule has 1 saturated heterocycles. The highest BCUT2D eigenvalue weighted by molar-refractivity contribution is 7.89. The topological polar surface area (TPSA) is 79.0 Å². The highest BCUT2D eigenvalue weighted by Gasteiger charge is 2.31. The molecule has 7 nitrogen and oxygen atoms in total. The maximum Gasteiger partial charge on any atom is 0.401 e. The molecule has 1 fully saturated rings. The molecule has 1 aliphatic heterocycles. The molecule has 1 N–H and O–H groups in total. The first-order valence-corrected chi connectivity index (χ1v) is 11.2. The fourth-order valence-electron chi connectivity index (χ4n) is 3.32. The fraction of sp³-hybridized carbons (Fsp3) is 0.550. The summed E-state index contributed by atoms with van der Waals surface area (Å²) in [7, 11) is -2.45. The molecule has 1 aromatic carbocycles. The Kier molecular flexibility index (Phi) is 8.73. The summed E-state index contributed by atoms with van der Waals surface area (Å²) in [4.78, 5) is 13.1. The van der Waals surface area contributed by atoms with Crippen molar-refractivity contribution in [3.63, 3.8) is 0 Å². The Labute approximate surface area is 180 Å². The standard InChI is InChI=1S/C20H26F3N3O4S/c1-3-10-25(15-20(21,22)23)14-19(27)24-17-13-16(8-9-18(17)30-2)31(28,29)26-11-6-4-5-7-12-26/h1,8-9,13H,4-7,10-12,14-15H2,2H3,(H,24,27). The predicted molar refractivity (Wildman–Crippen MR) is 110 cm³/mol. The number of nitrogens with zero attached hydrogens (tertiary/aromatic N) is 2. The number of anilines is 1. The minimum Gasteiger partial charge on any atom is -0.495 e. The van der Waals surface area contributed by atoms with Gasteiger partial charge >= 0.3 is 6.18 Å². The Morgan fingerprint density at radius 2 is 1.90 bits per heavy atom. The van der Waals surface area contributed by atoms with Gasteiger partial charge in [0, 0.05) is 13.1 Å². The lowest BCUT2D eigenvalue weighted by molar-refractivity contribution is -0.146. The average molecular weight is 462 g/mol. The molecule has 11 heteroatoms. The number of ether oxygens (including phenoxy) is 1. The number of nitrogens with one attached hydrogen (secondary N) is 1. The number of benzene rings is 1. The van der Waals surface area contributed by atoms with E-state index in [2.05, 4.69) is 11.2 Å². The van der Waals surface area contributed by atoms with E-state index in [0.717, 1.165) is 30.6 Å². The molecule has 172 valence electrons. The number of amides is 1. The van der Waals surface area contributed by atoms with Gasteiger partial charge in [0.05, 0.1) is 37.3 Å². The van der Waals surface area contributed by atoms with Gasteiger partial charge in [-0.05, 0) is 31.0 Å². The maximum absolute atomic E-state index is 13.0. The van der Waals surface area contributed by atoms with Crippen LogP contribution in [0.1, 0.15) is 25.7 Å². The summed E-state index contributed by atoms with van der Waals surface area (Å²) in [6.45, 7) is -1.50. The summed E-state index contributed by atoms with van der Waals surface area (Å²) in [6, 6.07) is 4.03. The van der Waals surface area contributed by atoms with E-state index in [1.165, 1.54) is 29.6 Å². The molecule has 1 heterocycles. The van der Waals surface area contributed by atoms with Gasteiger partial charge in [-0.15, -0.1) is 6.42 Å². The first-order chi connectivity index (χ1) is 14.6. The van der Waals surface area contributed by atoms with Crippen LogP contribution in [-0.4, -0.2) is 69.5 Å². The number of carbonyl (C=O) groups is 1. The zero-order valence-corrected chi connectivity index (χ0v) is 18.1. The number of methoxy groups -OCH3 is 1. The number of sulfonamides is 1. The Bertz CT molecular complexity index is 905. The number of alkyl halides is 3. The highest BCUT2D eigenvalue weighted by Crippen LogP contribution is 2.30. The maximum atomic E-state index is 13.0. The van der Waals surface area contributed by atoms with Gasteiger partial charge in [0.25, 0.3) is 0 Å². The molecule has 0 saturated carbocycles. The first-order valence-electron chi connectivity index (χ1n) is 9.77. The van der Waals surface area contributed by atoms with Gasteiger partial charge in [0.1, 0.15) is 5.75 Å². The molecule has 0 aromatic heterocycles. The highest BCUT2D eigenvalue weighted by atomic mass is 32.2. The SMILES string of the molecule is C#CCN(CC(=O)Nc1cc(S(=O)(=O)N2CCCCCC2)ccc1OC)CC(F)(F)F. The Morgan fingerprint density at radius 1 is 1.26 bits per heavy atom. The predicted octanol–water partition coefficient (Wildman–Crippen LogP) is 2.70. The van der Waals surface area contributed by atoms with Gasteiger partial charge in [-0.1, -0.05) is 18.8 Å². The molecule has 0 spiro atoms. The molecule has 0 atom stereocenters. The van der Waals surface area contributed by atoms with Crippen LogP contribution < -0.4 is 10.1 Å². The monoisotopic (exact) mass is 461 g/mol. The lowest BCUT2D eigenvalue weighted by Crippen LogP contribution is -2.40. The number of halogens is 3. The van der Waals surface area contributed by atoms with E-state index < -0.39 is 35.2 Å². The van der Waals surface area contributed by atoms with Crippen molar-refractivity contribution in [3.8, 4) is 18.1 Å². The molecule has 0 aliphatic carbocycles. The van der Waals surface area contributed by atoms with Crippen molar-refractivity contribution in [3.05, 3.63) is 18.2 Å². The number of carbonyl (C=O) groups excluding carboxylic acids is 1. The second-order valence-electron chi connectivity index (χ2n) is 7.19. The van der Waals surface area contributed by atoms with Crippen LogP contribution in [0.15, 0.2) is 23.1 Å². The van der Waals surface area contributed by atoms with Gasteiger partial charge in [0.2, 0.25) is 15.9 Å². The summed E-state index contributed by atoms with van der Waals surface area (Å²) in [5, 5.41) is 2.44. The van der Waals surface area contributed by atoms with Gasteiger partial charge in [0.15, 0.2) is 0 Å². The summed E-state index contributed by atoms with van der Waals surface area (Å²) >= 11 is 0. The Hall–Kier alpha value is -2.29. The van der Waals surface area contributed by atoms with Crippen LogP contribution in [0.4, 0.5) is 18.9 Å². The largest absolute Gasteiger partial charge is 0.495 e. The molecule has 0 bridgehead atoms. The van der Waals surface area contributed by atoms with Crippen LogP contribution in [0.25, 0.3) is 0 Å². The molecule has 2 rings (SSSR count). The normalized spacial score (nSPS) is 15.9. The summed E-state index contributed by atoms with van der Waals surface area (Å²) in [5.41, 5.74) is 0.0519. The van der Waals surface area contributed by atoms with Crippen LogP contribution in [0.5, 0.6) is 5.75 Å². The number of hydrogen-bond donors (Lipinski definition) is 1. The zero-order valence-electron chi connectivity index (χ0n) is 17.2. The Balaban J connectivity index is 2.21. The molecule has 31 heavy (non-hydrogen) atoms. The number of rotatable bonds is 8. The van der Waals surface area contributed by atoms with Crippen LogP contribution in [0, 0.1) is 12.3 Å². The van der Waals surface area contributed by atoms with Crippen molar-refractivity contribution in [1.82, 2.24) is 9.21 Å². The van der Waals surface area contributed by atoms with Crippen LogP contribution >= 0.6 is 0 Å². The van der Waals surface area contributed by atoms with Crippen molar-refractivity contribution in [2.45, 2.75) is 36.8 Å². The van der Waals surface area contributed by atoms with E-state index in [1.54, 1.807) is 0 Å². The van der Waals surface area contributed by atoms with Crippen molar-refractivity contribution in [2.75, 3.05) is 45.2 Å². The van der Waals surface area contributed by atoms with Crippen molar-refractivity contribution in [2.24, 2.45) is 0 Å². The molecular weight excluding hydrogens is 435 g/mol. The lowest BCUT2D eigenvalue weighted by atomic mass is 10.2. The second-order valence-corrected chi connectivity index (χ2v) is 9.13. The van der Waals surface area contributed by atoms with E-state index in [1.807, 2.05) is 0 Å². The van der Waals surface area contributed by atoms with Crippen LogP contribution in [0.3, 0.4) is 0 Å². The van der Waals surface area contributed by atoms with Gasteiger partial charge in [-0.2, -0.15) is 17.5 Å². The average Bonchev–Trinajstić information content (AvgIpc) is 2.96. The Morgan fingerprint density at radius 3 is 2.45 bits per heavy atom. The molecular formula is C20H26F3N3O4S. The zero-order chi connectivity index (χ0) is 23.1. The van der Waals surface area contributed by atoms with E-state index >= 15 is 0 Å². The third-order valence-corrected chi connectivity index (χ3v) is 6.63. The number of terminal acetylenes is 1. The lowest BCUT2D eigenvalue weighted by Gasteiger charge is -2.22. The third-order valence-electron chi connectivity index (χ3n) is 4.73. The van der Waals surface area contributed by atoms with E-state index in [0.29, 0.717) is 13.1 Å². The van der Waals surface area contributed by atoms with Gasteiger partial charge in [-0.25, -0.2) is 8.42 Å². The van der Waals surface area contributed by atoms with Crippen molar-refractivity contribution >= 4 is 21.6 Å². The molecule has 0 radical (unpaired) electrons. The minimum absolute atomic E-state index is 0.0266. The smallest absolute Gasteiger partial charge is 0.401 e. The van der Waals surface area contributed by atoms with Gasteiger partial charge < -0.3 is 10.1 Å². The fourth-order valence-corrected chi connectivity index (χ4v) is 4.86. The molecule has 1 aliphatic rings. The van der Waals surface area contributed by atoms with Crippen molar-refractivity contribution in [1.29, 1.82) is 0 Å². The van der Waals surface area contributed by atoms with Crippen LogP contribution in [-0.2, 0) is 14.8 Å². The summed E-state index contributed by atoms with van der Waals surface area (Å²) in [5.74, 6) is 1.50. The quantitative estimate of drug-likeness (QED) is 0.603. The number of hydrogen-bond acceptors (Lipinski definition) is 5. The third kappa shape index (κ3) is 7.41. The van der Waals surface area contributed by atoms with Gasteiger partial charge in [-0.3, -0.25) is 9.69 Å². The van der Waals surface area contributed by atoms with E-state index in [-0.39, 0.29) is 22.9 Å². The van der Waals surface area contributed by atoms with E-state index in [9.17, 15) is 26.4 Å². The molecule has 1 amide bonds. The van der Waals surface area contributed by atoms with Crippen LogP contribution in [0.2, 0.25) is 0 Å². The first kappa shape index (κ1) is 25.0. The second kappa shape index (κ2) is 10.8.